The Hall–Kier alpha value is -4.35. The Balaban J connectivity index is 1.16. The van der Waals surface area contributed by atoms with Crippen LogP contribution in [0.2, 0.25) is 0 Å². The first-order chi connectivity index (χ1) is 16.7. The molecular formula is C23H17F3N6O3. The van der Waals surface area contributed by atoms with Crippen molar-refractivity contribution in [2.45, 2.75) is 6.36 Å². The standard InChI is InChI=1S/C23H17F3N6O3/c24-23(25,26)35-16-2-4-17-13(5-16)7-20(27-17)22(34)32-10-14-8-31(9-15(14)11-32)21(33)12-1-3-18-19(6-12)29-30-28-18/h1-7,10,15,27H,8-9,11H2,(H,28,29,30)/t15-/m0/s1. The van der Waals surface area contributed by atoms with E-state index >= 15 is 0 Å². The molecule has 0 aliphatic carbocycles. The number of ether oxygens (including phenoxy) is 1. The number of aromatic amines is 2. The molecule has 0 radical (unpaired) electrons. The van der Waals surface area contributed by atoms with Gasteiger partial charge in [-0.05, 0) is 48.0 Å². The second-order valence-corrected chi connectivity index (χ2v) is 8.57. The molecule has 35 heavy (non-hydrogen) atoms. The Morgan fingerprint density at radius 2 is 1.86 bits per heavy atom. The Bertz CT molecular complexity index is 1520. The highest BCUT2D eigenvalue weighted by atomic mass is 19.4. The molecule has 0 bridgehead atoms. The number of hydrogen-bond acceptors (Lipinski definition) is 5. The van der Waals surface area contributed by atoms with Gasteiger partial charge in [0.1, 0.15) is 17.0 Å². The van der Waals surface area contributed by atoms with Crippen molar-refractivity contribution in [2.75, 3.05) is 19.6 Å². The molecule has 1 fully saturated rings. The SMILES string of the molecule is O=C(c1cc2cc(OC(F)(F)F)ccc2[nH]1)N1C=C2CN(C(=O)c3ccc4[nH]nnc4c3)C[C@H]2C1. The van der Waals surface area contributed by atoms with E-state index in [9.17, 15) is 22.8 Å². The lowest BCUT2D eigenvalue weighted by Gasteiger charge is -2.19. The number of alkyl halides is 3. The molecule has 2 aliphatic heterocycles. The molecule has 2 aliphatic rings. The first kappa shape index (κ1) is 21.2. The molecule has 178 valence electrons. The molecule has 0 unspecified atom stereocenters. The molecule has 2 aromatic carbocycles. The van der Waals surface area contributed by atoms with E-state index in [-0.39, 0.29) is 29.2 Å². The number of nitrogens with zero attached hydrogens (tertiary/aromatic N) is 4. The van der Waals surface area contributed by atoms with Gasteiger partial charge in [0.15, 0.2) is 0 Å². The number of nitrogens with one attached hydrogen (secondary N) is 2. The number of carbonyl (C=O) groups is 2. The highest BCUT2D eigenvalue weighted by molar-refractivity contribution is 6.00. The van der Waals surface area contributed by atoms with Crippen LogP contribution in [-0.4, -0.2) is 68.0 Å². The summed E-state index contributed by atoms with van der Waals surface area (Å²) in [5.74, 6) is -0.741. The zero-order valence-corrected chi connectivity index (χ0v) is 18.0. The van der Waals surface area contributed by atoms with Gasteiger partial charge in [-0.3, -0.25) is 14.7 Å². The van der Waals surface area contributed by atoms with Crippen LogP contribution in [0.1, 0.15) is 20.8 Å². The Labute approximate surface area is 195 Å². The molecular weight excluding hydrogens is 465 g/mol. The third kappa shape index (κ3) is 3.86. The predicted molar refractivity (Wildman–Crippen MR) is 117 cm³/mol. The maximum Gasteiger partial charge on any atom is 0.573 e. The van der Waals surface area contributed by atoms with Crippen LogP contribution < -0.4 is 4.74 Å². The van der Waals surface area contributed by atoms with E-state index in [1.54, 1.807) is 34.2 Å². The van der Waals surface area contributed by atoms with E-state index < -0.39 is 6.36 Å². The summed E-state index contributed by atoms with van der Waals surface area (Å²) in [7, 11) is 0. The first-order valence-corrected chi connectivity index (χ1v) is 10.7. The van der Waals surface area contributed by atoms with Crippen molar-refractivity contribution in [1.82, 2.24) is 30.2 Å². The first-order valence-electron chi connectivity index (χ1n) is 10.7. The quantitative estimate of drug-likeness (QED) is 0.465. The largest absolute Gasteiger partial charge is 0.573 e. The van der Waals surface area contributed by atoms with Crippen molar-refractivity contribution in [1.29, 1.82) is 0 Å². The summed E-state index contributed by atoms with van der Waals surface area (Å²) in [4.78, 5) is 32.3. The molecule has 12 heteroatoms. The van der Waals surface area contributed by atoms with Crippen LogP contribution in [0.15, 0.2) is 54.2 Å². The number of amides is 2. The number of aromatic nitrogens is 4. The van der Waals surface area contributed by atoms with Crippen molar-refractivity contribution in [3.05, 3.63) is 65.5 Å². The summed E-state index contributed by atoms with van der Waals surface area (Å²) >= 11 is 0. The van der Waals surface area contributed by atoms with Crippen LogP contribution in [-0.2, 0) is 0 Å². The fourth-order valence-corrected chi connectivity index (χ4v) is 4.64. The van der Waals surface area contributed by atoms with E-state index in [1.165, 1.54) is 24.3 Å². The number of fused-ring (bicyclic) bond motifs is 3. The number of likely N-dealkylation sites (tertiary alicyclic amines) is 1. The van der Waals surface area contributed by atoms with Gasteiger partial charge >= 0.3 is 6.36 Å². The van der Waals surface area contributed by atoms with E-state index in [4.69, 9.17) is 0 Å². The summed E-state index contributed by atoms with van der Waals surface area (Å²) < 4.78 is 41.4. The Morgan fingerprint density at radius 1 is 1.03 bits per heavy atom. The van der Waals surface area contributed by atoms with E-state index in [1.807, 2.05) is 0 Å². The number of benzene rings is 2. The molecule has 2 amide bonds. The molecule has 1 atom stereocenters. The minimum absolute atomic E-state index is 0.0230. The zero-order chi connectivity index (χ0) is 24.3. The highest BCUT2D eigenvalue weighted by Gasteiger charge is 2.38. The van der Waals surface area contributed by atoms with Gasteiger partial charge < -0.3 is 19.5 Å². The smallest absolute Gasteiger partial charge is 0.406 e. The van der Waals surface area contributed by atoms with Gasteiger partial charge in [0.25, 0.3) is 11.8 Å². The second kappa shape index (κ2) is 7.58. The molecule has 0 saturated carbocycles. The molecule has 2 aromatic heterocycles. The average Bonchev–Trinajstić information content (AvgIpc) is 3.58. The zero-order valence-electron chi connectivity index (χ0n) is 18.0. The van der Waals surface area contributed by atoms with Crippen molar-refractivity contribution in [3.63, 3.8) is 0 Å². The number of hydrogen-bond donors (Lipinski definition) is 2. The number of rotatable bonds is 3. The Kier molecular flexibility index (Phi) is 4.59. The van der Waals surface area contributed by atoms with Gasteiger partial charge in [0.2, 0.25) is 0 Å². The summed E-state index contributed by atoms with van der Waals surface area (Å²) in [6, 6.07) is 10.5. The number of halogens is 3. The van der Waals surface area contributed by atoms with Gasteiger partial charge in [-0.2, -0.15) is 0 Å². The third-order valence-electron chi connectivity index (χ3n) is 6.25. The second-order valence-electron chi connectivity index (χ2n) is 8.57. The van der Waals surface area contributed by atoms with E-state index in [0.717, 1.165) is 11.1 Å². The molecule has 2 N–H and O–H groups in total. The van der Waals surface area contributed by atoms with Crippen molar-refractivity contribution in [2.24, 2.45) is 5.92 Å². The summed E-state index contributed by atoms with van der Waals surface area (Å²) in [6.45, 7) is 1.31. The van der Waals surface area contributed by atoms with E-state index in [0.29, 0.717) is 41.6 Å². The van der Waals surface area contributed by atoms with Gasteiger partial charge in [-0.1, -0.05) is 5.21 Å². The lowest BCUT2D eigenvalue weighted by atomic mass is 10.1. The van der Waals surface area contributed by atoms with Gasteiger partial charge in [0.05, 0.1) is 5.52 Å². The van der Waals surface area contributed by atoms with Crippen LogP contribution in [0.4, 0.5) is 13.2 Å². The minimum Gasteiger partial charge on any atom is -0.406 e. The molecule has 0 spiro atoms. The third-order valence-corrected chi connectivity index (χ3v) is 6.25. The van der Waals surface area contributed by atoms with Gasteiger partial charge in [0, 0.05) is 48.2 Å². The lowest BCUT2D eigenvalue weighted by molar-refractivity contribution is -0.274. The maximum absolute atomic E-state index is 13.0. The van der Waals surface area contributed by atoms with Crippen molar-refractivity contribution in [3.8, 4) is 5.75 Å². The monoisotopic (exact) mass is 482 g/mol. The molecule has 1 saturated heterocycles. The van der Waals surface area contributed by atoms with Crippen molar-refractivity contribution < 1.29 is 27.5 Å². The number of carbonyl (C=O) groups excluding carboxylic acids is 2. The molecule has 4 aromatic rings. The van der Waals surface area contributed by atoms with Crippen molar-refractivity contribution >= 4 is 33.8 Å². The van der Waals surface area contributed by atoms with Crippen LogP contribution in [0.25, 0.3) is 21.9 Å². The average molecular weight is 482 g/mol. The molecule has 4 heterocycles. The van der Waals surface area contributed by atoms with Gasteiger partial charge in [-0.25, -0.2) is 0 Å². The topological polar surface area (TPSA) is 107 Å². The Morgan fingerprint density at radius 3 is 2.66 bits per heavy atom. The fourth-order valence-electron chi connectivity index (χ4n) is 4.64. The lowest BCUT2D eigenvalue weighted by Crippen LogP contribution is -2.33. The highest BCUT2D eigenvalue weighted by Crippen LogP contribution is 2.32. The van der Waals surface area contributed by atoms with Crippen LogP contribution in [0, 0.1) is 5.92 Å². The summed E-state index contributed by atoms with van der Waals surface area (Å²) in [5, 5.41) is 10.9. The number of H-pyrrole nitrogens is 2. The van der Waals surface area contributed by atoms with Crippen LogP contribution in [0.3, 0.4) is 0 Å². The van der Waals surface area contributed by atoms with Crippen LogP contribution in [0.5, 0.6) is 5.75 Å². The fraction of sp³-hybridized carbons (Fsp3) is 0.217. The van der Waals surface area contributed by atoms with E-state index in [2.05, 4.69) is 25.1 Å². The summed E-state index contributed by atoms with van der Waals surface area (Å²) in [5.41, 5.74) is 3.64. The molecule has 9 nitrogen and oxygen atoms in total. The van der Waals surface area contributed by atoms with Gasteiger partial charge in [-0.15, -0.1) is 18.3 Å². The minimum atomic E-state index is -4.79. The predicted octanol–water partition coefficient (Wildman–Crippen LogP) is 3.45. The normalized spacial score (nSPS) is 17.8. The molecule has 6 rings (SSSR count). The summed E-state index contributed by atoms with van der Waals surface area (Å²) in [6.07, 6.45) is -3.04. The maximum atomic E-state index is 13.0. The van der Waals surface area contributed by atoms with Crippen LogP contribution >= 0.6 is 0 Å².